The molecular formula is C24H19N7O. The molecule has 3 N–H and O–H groups in total. The Labute approximate surface area is 184 Å². The van der Waals surface area contributed by atoms with Crippen molar-refractivity contribution in [2.45, 2.75) is 6.92 Å². The lowest BCUT2D eigenvalue weighted by atomic mass is 10.1. The molecule has 0 spiro atoms. The fourth-order valence-electron chi connectivity index (χ4n) is 3.28. The number of hydrogen-bond acceptors (Lipinski definition) is 7. The third kappa shape index (κ3) is 4.01. The smallest absolute Gasteiger partial charge is 0.227 e. The number of nitrogens with zero attached hydrogens (tertiary/aromatic N) is 5. The molecular weight excluding hydrogens is 402 g/mol. The van der Waals surface area contributed by atoms with Crippen LogP contribution in [0, 0.1) is 6.92 Å². The van der Waals surface area contributed by atoms with E-state index in [1.807, 2.05) is 49.4 Å². The summed E-state index contributed by atoms with van der Waals surface area (Å²) in [6, 6.07) is 18.5. The van der Waals surface area contributed by atoms with E-state index in [1.165, 1.54) is 0 Å². The molecule has 0 unspecified atom stereocenters. The maximum atomic E-state index is 9.71. The largest absolute Gasteiger partial charge is 0.508 e. The maximum Gasteiger partial charge on any atom is 0.227 e. The van der Waals surface area contributed by atoms with E-state index in [0.717, 1.165) is 33.6 Å². The van der Waals surface area contributed by atoms with Crippen LogP contribution in [0.25, 0.3) is 34.0 Å². The molecule has 0 saturated heterocycles. The van der Waals surface area contributed by atoms with Crippen molar-refractivity contribution in [2.75, 3.05) is 5.32 Å². The van der Waals surface area contributed by atoms with E-state index in [-0.39, 0.29) is 5.75 Å². The van der Waals surface area contributed by atoms with Crippen molar-refractivity contribution in [3.63, 3.8) is 0 Å². The molecule has 5 aromatic rings. The first-order valence-corrected chi connectivity index (χ1v) is 9.99. The fourth-order valence-corrected chi connectivity index (χ4v) is 3.28. The van der Waals surface area contributed by atoms with Crippen molar-refractivity contribution in [2.24, 2.45) is 0 Å². The standard InChI is InChI=1S/C24H19N7O/c1-15-7-8-17(23-29-22(30-31-23)16-4-2-6-19(32)12-16)13-21(15)28-24-26-11-9-20(27-24)18-5-3-10-25-14-18/h2-14,32H,1H3,(H,26,27,28)(H,29,30,31). The summed E-state index contributed by atoms with van der Waals surface area (Å²) in [7, 11) is 0. The summed E-state index contributed by atoms with van der Waals surface area (Å²) in [6.07, 6.45) is 5.22. The van der Waals surface area contributed by atoms with Crippen LogP contribution in [0.4, 0.5) is 11.6 Å². The van der Waals surface area contributed by atoms with Crippen molar-refractivity contribution in [3.05, 3.63) is 84.8 Å². The maximum absolute atomic E-state index is 9.71. The van der Waals surface area contributed by atoms with Gasteiger partial charge in [0, 0.05) is 41.0 Å². The fraction of sp³-hybridized carbons (Fsp3) is 0.0417. The number of aromatic amines is 1. The van der Waals surface area contributed by atoms with Gasteiger partial charge in [0.05, 0.1) is 5.69 Å². The van der Waals surface area contributed by atoms with E-state index in [9.17, 15) is 5.11 Å². The van der Waals surface area contributed by atoms with Crippen LogP contribution in [-0.4, -0.2) is 35.2 Å². The first-order chi connectivity index (χ1) is 15.7. The molecule has 8 nitrogen and oxygen atoms in total. The summed E-state index contributed by atoms with van der Waals surface area (Å²) in [5, 5.41) is 20.3. The molecule has 0 aliphatic rings. The molecule has 0 fully saturated rings. The second-order valence-electron chi connectivity index (χ2n) is 7.22. The first kappa shape index (κ1) is 19.4. The molecule has 32 heavy (non-hydrogen) atoms. The number of hydrogen-bond donors (Lipinski definition) is 3. The van der Waals surface area contributed by atoms with E-state index < -0.39 is 0 Å². The van der Waals surface area contributed by atoms with Gasteiger partial charge in [0.1, 0.15) is 5.75 Å². The molecule has 5 rings (SSSR count). The van der Waals surface area contributed by atoms with Crippen LogP contribution in [0.5, 0.6) is 5.75 Å². The number of phenols is 1. The van der Waals surface area contributed by atoms with E-state index in [0.29, 0.717) is 17.6 Å². The summed E-state index contributed by atoms with van der Waals surface area (Å²) in [5.74, 6) is 1.80. The number of anilines is 2. The second-order valence-corrected chi connectivity index (χ2v) is 7.22. The number of pyridine rings is 1. The first-order valence-electron chi connectivity index (χ1n) is 9.99. The van der Waals surface area contributed by atoms with Gasteiger partial charge in [-0.2, -0.15) is 5.10 Å². The topological polar surface area (TPSA) is 112 Å². The number of phenolic OH excluding ortho intramolecular Hbond substituents is 1. The zero-order valence-corrected chi connectivity index (χ0v) is 17.2. The van der Waals surface area contributed by atoms with Crippen molar-refractivity contribution in [1.82, 2.24) is 30.1 Å². The Balaban J connectivity index is 1.43. The highest BCUT2D eigenvalue weighted by atomic mass is 16.3. The Morgan fingerprint density at radius 2 is 1.78 bits per heavy atom. The van der Waals surface area contributed by atoms with E-state index >= 15 is 0 Å². The Morgan fingerprint density at radius 3 is 2.62 bits per heavy atom. The second kappa shape index (κ2) is 8.27. The lowest BCUT2D eigenvalue weighted by Crippen LogP contribution is -2.00. The van der Waals surface area contributed by atoms with Crippen LogP contribution in [-0.2, 0) is 0 Å². The Morgan fingerprint density at radius 1 is 0.875 bits per heavy atom. The Hall–Kier alpha value is -4.59. The third-order valence-corrected chi connectivity index (χ3v) is 4.96. The van der Waals surface area contributed by atoms with Crippen LogP contribution in [0.2, 0.25) is 0 Å². The number of aryl methyl sites for hydroxylation is 1. The van der Waals surface area contributed by atoms with Crippen molar-refractivity contribution in [1.29, 1.82) is 0 Å². The minimum atomic E-state index is 0.171. The van der Waals surface area contributed by atoms with Gasteiger partial charge in [-0.25, -0.2) is 15.0 Å². The van der Waals surface area contributed by atoms with Crippen LogP contribution in [0.15, 0.2) is 79.3 Å². The Kier molecular flexibility index (Phi) is 5.01. The van der Waals surface area contributed by atoms with Gasteiger partial charge in [-0.3, -0.25) is 10.1 Å². The van der Waals surface area contributed by atoms with E-state index in [4.69, 9.17) is 0 Å². The van der Waals surface area contributed by atoms with Gasteiger partial charge >= 0.3 is 0 Å². The average Bonchev–Trinajstić information content (AvgIpc) is 3.32. The molecule has 2 aromatic carbocycles. The molecule has 0 bridgehead atoms. The predicted molar refractivity (Wildman–Crippen MR) is 122 cm³/mol. The number of rotatable bonds is 5. The van der Waals surface area contributed by atoms with Gasteiger partial charge < -0.3 is 10.4 Å². The quantitative estimate of drug-likeness (QED) is 0.375. The van der Waals surface area contributed by atoms with Crippen molar-refractivity contribution in [3.8, 4) is 39.8 Å². The minimum absolute atomic E-state index is 0.171. The zero-order valence-electron chi connectivity index (χ0n) is 17.2. The Bertz CT molecular complexity index is 1380. The number of aromatic nitrogens is 6. The number of H-pyrrole nitrogens is 1. The van der Waals surface area contributed by atoms with Gasteiger partial charge in [-0.15, -0.1) is 0 Å². The molecule has 0 amide bonds. The summed E-state index contributed by atoms with van der Waals surface area (Å²) < 4.78 is 0. The SMILES string of the molecule is Cc1ccc(-c2nc(-c3cccc(O)c3)n[nH]2)cc1Nc1nccc(-c2cccnc2)n1. The van der Waals surface area contributed by atoms with Gasteiger partial charge in [0.15, 0.2) is 11.6 Å². The number of nitrogens with one attached hydrogen (secondary N) is 2. The molecule has 3 heterocycles. The molecule has 0 saturated carbocycles. The van der Waals surface area contributed by atoms with Crippen LogP contribution in [0.1, 0.15) is 5.56 Å². The van der Waals surface area contributed by atoms with E-state index in [2.05, 4.69) is 35.5 Å². The minimum Gasteiger partial charge on any atom is -0.508 e. The molecule has 0 radical (unpaired) electrons. The summed E-state index contributed by atoms with van der Waals surface area (Å²) in [5.41, 5.74) is 5.21. The van der Waals surface area contributed by atoms with Crippen LogP contribution in [0.3, 0.4) is 0 Å². The van der Waals surface area contributed by atoms with Crippen molar-refractivity contribution < 1.29 is 5.11 Å². The molecule has 0 aliphatic heterocycles. The summed E-state index contributed by atoms with van der Waals surface area (Å²) in [4.78, 5) is 17.7. The monoisotopic (exact) mass is 421 g/mol. The number of benzene rings is 2. The summed E-state index contributed by atoms with van der Waals surface area (Å²) >= 11 is 0. The van der Waals surface area contributed by atoms with Crippen molar-refractivity contribution >= 4 is 11.6 Å². The lowest BCUT2D eigenvalue weighted by Gasteiger charge is -2.10. The highest BCUT2D eigenvalue weighted by Crippen LogP contribution is 2.27. The highest BCUT2D eigenvalue weighted by molar-refractivity contribution is 5.70. The highest BCUT2D eigenvalue weighted by Gasteiger charge is 2.11. The molecule has 156 valence electrons. The lowest BCUT2D eigenvalue weighted by molar-refractivity contribution is 0.475. The number of aromatic hydroxyl groups is 1. The molecule has 3 aromatic heterocycles. The van der Waals surface area contributed by atoms with Gasteiger partial charge in [0.25, 0.3) is 0 Å². The predicted octanol–water partition coefficient (Wildman–Crippen LogP) is 4.75. The normalized spacial score (nSPS) is 10.8. The average molecular weight is 421 g/mol. The molecule has 8 heteroatoms. The third-order valence-electron chi connectivity index (χ3n) is 4.96. The molecule has 0 atom stereocenters. The van der Waals surface area contributed by atoms with Gasteiger partial charge in [-0.1, -0.05) is 24.3 Å². The van der Waals surface area contributed by atoms with Gasteiger partial charge in [0.2, 0.25) is 5.95 Å². The molecule has 0 aliphatic carbocycles. The van der Waals surface area contributed by atoms with Crippen LogP contribution >= 0.6 is 0 Å². The summed E-state index contributed by atoms with van der Waals surface area (Å²) in [6.45, 7) is 2.01. The van der Waals surface area contributed by atoms with E-state index in [1.54, 1.807) is 36.8 Å². The van der Waals surface area contributed by atoms with Gasteiger partial charge in [-0.05, 0) is 48.9 Å². The zero-order chi connectivity index (χ0) is 21.9. The van der Waals surface area contributed by atoms with Crippen LogP contribution < -0.4 is 5.32 Å².